The van der Waals surface area contributed by atoms with E-state index in [9.17, 15) is 4.79 Å². The van der Waals surface area contributed by atoms with E-state index < -0.39 is 5.54 Å². The molecular formula is C17H23NO3. The molecule has 1 aromatic rings. The zero-order chi connectivity index (χ0) is 15.6. The zero-order valence-corrected chi connectivity index (χ0v) is 13.1. The lowest BCUT2D eigenvalue weighted by Gasteiger charge is -2.24. The van der Waals surface area contributed by atoms with Crippen molar-refractivity contribution in [1.82, 2.24) is 0 Å². The second-order valence-electron chi connectivity index (χ2n) is 6.03. The van der Waals surface area contributed by atoms with E-state index >= 15 is 0 Å². The maximum atomic E-state index is 12.5. The average Bonchev–Trinajstić information content (AvgIpc) is 2.79. The van der Waals surface area contributed by atoms with Crippen LogP contribution in [-0.2, 0) is 4.79 Å². The van der Waals surface area contributed by atoms with Gasteiger partial charge in [0, 0.05) is 17.0 Å². The van der Waals surface area contributed by atoms with Gasteiger partial charge in [-0.15, -0.1) is 0 Å². The van der Waals surface area contributed by atoms with Gasteiger partial charge in [0.15, 0.2) is 17.3 Å². The number of carbonyl (C=O) groups excluding carboxylic acids is 1. The van der Waals surface area contributed by atoms with Crippen LogP contribution in [0.2, 0.25) is 0 Å². The molecule has 0 heterocycles. The Morgan fingerprint density at radius 1 is 1.29 bits per heavy atom. The average molecular weight is 289 g/mol. The lowest BCUT2D eigenvalue weighted by molar-refractivity contribution is -0.119. The maximum Gasteiger partial charge on any atom is 0.167 e. The van der Waals surface area contributed by atoms with E-state index in [-0.39, 0.29) is 11.7 Å². The fourth-order valence-corrected chi connectivity index (χ4v) is 2.84. The van der Waals surface area contributed by atoms with E-state index in [0.29, 0.717) is 11.5 Å². The van der Waals surface area contributed by atoms with Crippen molar-refractivity contribution in [3.8, 4) is 11.5 Å². The molecule has 1 aliphatic rings. The third kappa shape index (κ3) is 3.10. The number of para-hydroxylation sites is 1. The van der Waals surface area contributed by atoms with Gasteiger partial charge in [0.05, 0.1) is 14.2 Å². The molecule has 0 radical (unpaired) electrons. The van der Waals surface area contributed by atoms with Crippen molar-refractivity contribution in [2.45, 2.75) is 32.2 Å². The van der Waals surface area contributed by atoms with E-state index in [4.69, 9.17) is 15.2 Å². The topological polar surface area (TPSA) is 61.5 Å². The van der Waals surface area contributed by atoms with Crippen LogP contribution in [0.25, 0.3) is 6.08 Å². The highest BCUT2D eigenvalue weighted by Crippen LogP contribution is 2.37. The summed E-state index contributed by atoms with van der Waals surface area (Å²) >= 11 is 0. The highest BCUT2D eigenvalue weighted by Gasteiger charge is 2.38. The minimum absolute atomic E-state index is 0.111. The molecule has 0 aliphatic heterocycles. The van der Waals surface area contributed by atoms with Crippen molar-refractivity contribution < 1.29 is 14.3 Å². The minimum Gasteiger partial charge on any atom is -0.493 e. The van der Waals surface area contributed by atoms with E-state index in [1.807, 2.05) is 38.1 Å². The molecule has 1 unspecified atom stereocenters. The van der Waals surface area contributed by atoms with Crippen molar-refractivity contribution in [2.24, 2.45) is 11.7 Å². The Balaban J connectivity index is 2.36. The summed E-state index contributed by atoms with van der Waals surface area (Å²) in [7, 11) is 3.20. The van der Waals surface area contributed by atoms with Crippen LogP contribution in [0.3, 0.4) is 0 Å². The van der Waals surface area contributed by atoms with Gasteiger partial charge in [-0.25, -0.2) is 0 Å². The first-order valence-corrected chi connectivity index (χ1v) is 7.13. The lowest BCUT2D eigenvalue weighted by atomic mass is 9.86. The van der Waals surface area contributed by atoms with Gasteiger partial charge >= 0.3 is 0 Å². The summed E-state index contributed by atoms with van der Waals surface area (Å²) < 4.78 is 10.7. The molecule has 0 aromatic heterocycles. The Kier molecular flexibility index (Phi) is 4.37. The molecule has 1 fully saturated rings. The molecule has 1 aliphatic carbocycles. The van der Waals surface area contributed by atoms with Crippen LogP contribution >= 0.6 is 0 Å². The highest BCUT2D eigenvalue weighted by molar-refractivity contribution is 6.04. The predicted octanol–water partition coefficient (Wildman–Crippen LogP) is 2.80. The summed E-state index contributed by atoms with van der Waals surface area (Å²) in [4.78, 5) is 12.5. The number of Topliss-reactive ketones (excluding diaryl/α,β-unsaturated/α-hetero) is 1. The van der Waals surface area contributed by atoms with Crippen molar-refractivity contribution in [3.05, 3.63) is 29.3 Å². The maximum absolute atomic E-state index is 12.5. The van der Waals surface area contributed by atoms with Gasteiger partial charge < -0.3 is 15.2 Å². The van der Waals surface area contributed by atoms with E-state index in [1.54, 1.807) is 14.2 Å². The van der Waals surface area contributed by atoms with Crippen LogP contribution in [0.4, 0.5) is 0 Å². The van der Waals surface area contributed by atoms with Gasteiger partial charge in [-0.1, -0.05) is 12.1 Å². The number of nitrogens with two attached hydrogens (primary N) is 1. The van der Waals surface area contributed by atoms with Gasteiger partial charge in [0.1, 0.15) is 0 Å². The Labute approximate surface area is 125 Å². The molecule has 2 N–H and O–H groups in total. The van der Waals surface area contributed by atoms with Gasteiger partial charge in [-0.2, -0.15) is 0 Å². The second-order valence-corrected chi connectivity index (χ2v) is 6.03. The monoisotopic (exact) mass is 289 g/mol. The quantitative estimate of drug-likeness (QED) is 0.866. The fraction of sp³-hybridized carbons (Fsp3) is 0.471. The summed E-state index contributed by atoms with van der Waals surface area (Å²) in [6.45, 7) is 3.81. The number of benzene rings is 1. The molecule has 4 heteroatoms. The van der Waals surface area contributed by atoms with E-state index in [0.717, 1.165) is 24.0 Å². The van der Waals surface area contributed by atoms with Crippen molar-refractivity contribution >= 4 is 11.9 Å². The molecule has 0 bridgehead atoms. The third-order valence-electron chi connectivity index (χ3n) is 4.00. The summed E-state index contributed by atoms with van der Waals surface area (Å²) in [5.74, 6) is 1.34. The minimum atomic E-state index is -0.481. The van der Waals surface area contributed by atoms with E-state index in [2.05, 4.69) is 0 Å². The predicted molar refractivity (Wildman–Crippen MR) is 83.5 cm³/mol. The van der Waals surface area contributed by atoms with Crippen molar-refractivity contribution in [3.63, 3.8) is 0 Å². The molecule has 0 amide bonds. The van der Waals surface area contributed by atoms with Crippen LogP contribution in [0.15, 0.2) is 23.8 Å². The molecule has 1 aromatic carbocycles. The lowest BCUT2D eigenvalue weighted by Crippen LogP contribution is -2.42. The first-order chi connectivity index (χ1) is 9.88. The largest absolute Gasteiger partial charge is 0.493 e. The van der Waals surface area contributed by atoms with Crippen molar-refractivity contribution in [2.75, 3.05) is 14.2 Å². The number of ketones is 1. The van der Waals surface area contributed by atoms with Gasteiger partial charge in [-0.05, 0) is 44.4 Å². The number of rotatable bonds is 4. The zero-order valence-electron chi connectivity index (χ0n) is 13.1. The summed E-state index contributed by atoms with van der Waals surface area (Å²) in [5.41, 5.74) is 7.28. The molecule has 0 saturated heterocycles. The summed E-state index contributed by atoms with van der Waals surface area (Å²) in [5, 5.41) is 0. The third-order valence-corrected chi connectivity index (χ3v) is 4.00. The normalized spacial score (nSPS) is 20.9. The number of hydrogen-bond donors (Lipinski definition) is 1. The molecule has 21 heavy (non-hydrogen) atoms. The standard InChI is InChI=1S/C17H23NO3/c1-17(2,18)13-9-8-11(15(13)19)10-12-6-5-7-14(20-3)16(12)21-4/h5-7,10,13H,8-9,18H2,1-4H3/b11-10+. The van der Waals surface area contributed by atoms with Crippen LogP contribution in [0.1, 0.15) is 32.3 Å². The van der Waals surface area contributed by atoms with Gasteiger partial charge in [0.2, 0.25) is 0 Å². The Bertz CT molecular complexity index is 570. The number of carbonyl (C=O) groups is 1. The van der Waals surface area contributed by atoms with Crippen LogP contribution in [0, 0.1) is 5.92 Å². The number of ether oxygens (including phenoxy) is 2. The summed E-state index contributed by atoms with van der Waals surface area (Å²) in [6, 6.07) is 5.64. The van der Waals surface area contributed by atoms with Crippen LogP contribution < -0.4 is 15.2 Å². The fourth-order valence-electron chi connectivity index (χ4n) is 2.84. The first kappa shape index (κ1) is 15.6. The Hall–Kier alpha value is -1.81. The number of methoxy groups -OCH3 is 2. The number of hydrogen-bond acceptors (Lipinski definition) is 4. The highest BCUT2D eigenvalue weighted by atomic mass is 16.5. The molecule has 0 spiro atoms. The van der Waals surface area contributed by atoms with Gasteiger partial charge in [-0.3, -0.25) is 4.79 Å². The summed E-state index contributed by atoms with van der Waals surface area (Å²) in [6.07, 6.45) is 3.46. The van der Waals surface area contributed by atoms with Crippen LogP contribution in [0.5, 0.6) is 11.5 Å². The Morgan fingerprint density at radius 3 is 2.52 bits per heavy atom. The molecule has 2 rings (SSSR count). The smallest absolute Gasteiger partial charge is 0.167 e. The molecular weight excluding hydrogens is 266 g/mol. The van der Waals surface area contributed by atoms with E-state index in [1.165, 1.54) is 0 Å². The second kappa shape index (κ2) is 5.90. The molecule has 1 atom stereocenters. The molecule has 114 valence electrons. The van der Waals surface area contributed by atoms with Gasteiger partial charge in [0.25, 0.3) is 0 Å². The van der Waals surface area contributed by atoms with Crippen molar-refractivity contribution in [1.29, 1.82) is 0 Å². The van der Waals surface area contributed by atoms with Crippen LogP contribution in [-0.4, -0.2) is 25.5 Å². The Morgan fingerprint density at radius 2 is 2.00 bits per heavy atom. The SMILES string of the molecule is COc1cccc(/C=C2\CCC(C(C)(C)N)C2=O)c1OC. The first-order valence-electron chi connectivity index (χ1n) is 7.13. The molecule has 1 saturated carbocycles. The number of allylic oxidation sites excluding steroid dienone is 1. The molecule has 4 nitrogen and oxygen atoms in total.